The fourth-order valence-corrected chi connectivity index (χ4v) is 2.81. The van der Waals surface area contributed by atoms with Crippen LogP contribution < -0.4 is 5.32 Å². The van der Waals surface area contributed by atoms with Gasteiger partial charge in [0.2, 0.25) is 0 Å². The van der Waals surface area contributed by atoms with E-state index in [1.54, 1.807) is 12.1 Å². The number of piperidine rings is 1. The van der Waals surface area contributed by atoms with Crippen LogP contribution in [-0.2, 0) is 11.2 Å². The molecule has 6 heteroatoms. The van der Waals surface area contributed by atoms with E-state index in [1.165, 1.54) is 11.0 Å². The maximum Gasteiger partial charge on any atom is 0.321 e. The summed E-state index contributed by atoms with van der Waals surface area (Å²) in [6.45, 7) is 4.47. The number of nitrogens with zero attached hydrogens (tertiary/aromatic N) is 1. The van der Waals surface area contributed by atoms with Crippen molar-refractivity contribution in [2.24, 2.45) is 11.8 Å². The van der Waals surface area contributed by atoms with Crippen LogP contribution in [0.3, 0.4) is 0 Å². The Bertz CT molecular complexity index is 577. The van der Waals surface area contributed by atoms with Crippen molar-refractivity contribution in [1.29, 1.82) is 0 Å². The Morgan fingerprint density at radius 1 is 1.41 bits per heavy atom. The van der Waals surface area contributed by atoms with Crippen molar-refractivity contribution in [2.75, 3.05) is 18.4 Å². The van der Waals surface area contributed by atoms with E-state index in [1.807, 2.05) is 13.8 Å². The number of carbonyl (C=O) groups is 2. The number of likely N-dealkylation sites (tertiary alicyclic amines) is 1. The minimum atomic E-state index is -0.886. The molecule has 0 aliphatic carbocycles. The van der Waals surface area contributed by atoms with Gasteiger partial charge in [-0.2, -0.15) is 0 Å². The molecule has 0 aromatic heterocycles. The van der Waals surface area contributed by atoms with Crippen LogP contribution in [0.2, 0.25) is 0 Å². The van der Waals surface area contributed by atoms with Crippen LogP contribution in [0.25, 0.3) is 0 Å². The quantitative estimate of drug-likeness (QED) is 0.902. The zero-order valence-corrected chi connectivity index (χ0v) is 12.8. The number of carbonyl (C=O) groups excluding carboxylic acids is 1. The van der Waals surface area contributed by atoms with Crippen molar-refractivity contribution >= 4 is 17.7 Å². The second-order valence-corrected chi connectivity index (χ2v) is 5.87. The Hall–Kier alpha value is -2.11. The number of anilines is 1. The molecule has 2 unspecified atom stereocenters. The van der Waals surface area contributed by atoms with Gasteiger partial charge in [0.25, 0.3) is 0 Å². The van der Waals surface area contributed by atoms with Crippen LogP contribution in [-0.4, -0.2) is 35.1 Å². The zero-order chi connectivity index (χ0) is 16.3. The molecule has 2 N–H and O–H groups in total. The van der Waals surface area contributed by atoms with E-state index in [0.717, 1.165) is 0 Å². The highest BCUT2D eigenvalue weighted by molar-refractivity contribution is 5.89. The summed E-state index contributed by atoms with van der Waals surface area (Å²) in [5.41, 5.74) is 0.973. The average molecular weight is 308 g/mol. The number of carboxylic acids is 1. The monoisotopic (exact) mass is 308 g/mol. The molecule has 1 aromatic carbocycles. The predicted molar refractivity (Wildman–Crippen MR) is 81.3 cm³/mol. The van der Waals surface area contributed by atoms with Gasteiger partial charge >= 0.3 is 12.0 Å². The first-order valence-corrected chi connectivity index (χ1v) is 7.47. The summed E-state index contributed by atoms with van der Waals surface area (Å²) >= 11 is 0. The van der Waals surface area contributed by atoms with Crippen LogP contribution in [0.15, 0.2) is 18.2 Å². The highest BCUT2D eigenvalue weighted by Gasteiger charge is 2.31. The second kappa shape index (κ2) is 6.77. The molecule has 1 aromatic rings. The molecule has 2 amide bonds. The number of aryl methyl sites for hydroxylation is 1. The lowest BCUT2D eigenvalue weighted by molar-refractivity contribution is -0.143. The van der Waals surface area contributed by atoms with Crippen molar-refractivity contribution in [1.82, 2.24) is 4.90 Å². The smallest absolute Gasteiger partial charge is 0.321 e. The summed E-state index contributed by atoms with van der Waals surface area (Å²) in [5, 5.41) is 11.8. The summed E-state index contributed by atoms with van der Waals surface area (Å²) in [6.07, 6.45) is 1.16. The minimum absolute atomic E-state index is 0.125. The lowest BCUT2D eigenvalue weighted by Crippen LogP contribution is -2.47. The number of benzene rings is 1. The van der Waals surface area contributed by atoms with Gasteiger partial charge in [-0.3, -0.25) is 4.79 Å². The number of carboxylic acid groups (broad SMARTS) is 1. The van der Waals surface area contributed by atoms with Crippen LogP contribution in [0.4, 0.5) is 14.9 Å². The molecule has 1 aliphatic heterocycles. The van der Waals surface area contributed by atoms with Gasteiger partial charge in [-0.15, -0.1) is 0 Å². The van der Waals surface area contributed by atoms with Gasteiger partial charge in [-0.1, -0.05) is 19.9 Å². The fourth-order valence-electron chi connectivity index (χ4n) is 2.81. The highest BCUT2D eigenvalue weighted by atomic mass is 19.1. The van der Waals surface area contributed by atoms with E-state index in [0.29, 0.717) is 30.6 Å². The van der Waals surface area contributed by atoms with Crippen LogP contribution >= 0.6 is 0 Å². The van der Waals surface area contributed by atoms with E-state index >= 15 is 0 Å². The topological polar surface area (TPSA) is 69.6 Å². The first kappa shape index (κ1) is 16.3. The van der Waals surface area contributed by atoms with E-state index in [4.69, 9.17) is 5.11 Å². The fraction of sp³-hybridized carbons (Fsp3) is 0.500. The SMILES string of the molecule is CCc1ccc(NC(=O)N2CC(C)CC(C(=O)O)C2)cc1F. The van der Waals surface area contributed by atoms with Crippen molar-refractivity contribution in [2.45, 2.75) is 26.7 Å². The third kappa shape index (κ3) is 3.75. The first-order valence-electron chi connectivity index (χ1n) is 7.47. The number of amides is 2. The maximum absolute atomic E-state index is 13.7. The number of hydrogen-bond acceptors (Lipinski definition) is 2. The van der Waals surface area contributed by atoms with Gasteiger partial charge in [0, 0.05) is 18.8 Å². The normalized spacial score (nSPS) is 21.5. The first-order chi connectivity index (χ1) is 10.4. The van der Waals surface area contributed by atoms with Gasteiger partial charge in [0.1, 0.15) is 5.82 Å². The Morgan fingerprint density at radius 3 is 2.73 bits per heavy atom. The number of rotatable bonds is 3. The van der Waals surface area contributed by atoms with Crippen molar-refractivity contribution in [3.8, 4) is 0 Å². The molecule has 2 rings (SSSR count). The Morgan fingerprint density at radius 2 is 2.14 bits per heavy atom. The number of hydrogen-bond donors (Lipinski definition) is 2. The van der Waals surface area contributed by atoms with Gasteiger partial charge < -0.3 is 15.3 Å². The number of halogens is 1. The summed E-state index contributed by atoms with van der Waals surface area (Å²) in [4.78, 5) is 24.9. The standard InChI is InChI=1S/C16H21FN2O3/c1-3-11-4-5-13(7-14(11)17)18-16(22)19-8-10(2)6-12(9-19)15(20)21/h4-5,7,10,12H,3,6,8-9H2,1-2H3,(H,18,22)(H,20,21). The predicted octanol–water partition coefficient (Wildman–Crippen LogP) is 2.96. The molecule has 1 heterocycles. The Labute approximate surface area is 129 Å². The molecule has 120 valence electrons. The van der Waals surface area contributed by atoms with E-state index in [-0.39, 0.29) is 24.3 Å². The maximum atomic E-state index is 13.7. The van der Waals surface area contributed by atoms with Gasteiger partial charge in [0.05, 0.1) is 5.92 Å². The Kier molecular flexibility index (Phi) is 5.00. The molecular weight excluding hydrogens is 287 g/mol. The molecule has 5 nitrogen and oxygen atoms in total. The second-order valence-electron chi connectivity index (χ2n) is 5.87. The molecule has 2 atom stereocenters. The Balaban J connectivity index is 2.05. The van der Waals surface area contributed by atoms with Crippen molar-refractivity contribution in [3.63, 3.8) is 0 Å². The van der Waals surface area contributed by atoms with E-state index < -0.39 is 11.9 Å². The molecule has 1 fully saturated rings. The van der Waals surface area contributed by atoms with Crippen LogP contribution in [0, 0.1) is 17.7 Å². The summed E-state index contributed by atoms with van der Waals surface area (Å²) in [6, 6.07) is 4.20. The molecule has 1 aliphatic rings. The van der Waals surface area contributed by atoms with Gasteiger partial charge in [-0.05, 0) is 36.5 Å². The summed E-state index contributed by atoms with van der Waals surface area (Å²) in [5.74, 6) is -1.66. The van der Waals surface area contributed by atoms with Crippen LogP contribution in [0.1, 0.15) is 25.8 Å². The van der Waals surface area contributed by atoms with E-state index in [2.05, 4.69) is 5.32 Å². The summed E-state index contributed by atoms with van der Waals surface area (Å²) < 4.78 is 13.7. The third-order valence-electron chi connectivity index (χ3n) is 3.98. The molecule has 0 saturated carbocycles. The van der Waals surface area contributed by atoms with Crippen LogP contribution in [0.5, 0.6) is 0 Å². The number of urea groups is 1. The lowest BCUT2D eigenvalue weighted by atomic mass is 9.91. The molecule has 1 saturated heterocycles. The molecule has 0 radical (unpaired) electrons. The highest BCUT2D eigenvalue weighted by Crippen LogP contribution is 2.23. The largest absolute Gasteiger partial charge is 0.481 e. The number of nitrogens with one attached hydrogen (secondary N) is 1. The molecule has 0 bridgehead atoms. The molecule has 0 spiro atoms. The van der Waals surface area contributed by atoms with Gasteiger partial charge in [0.15, 0.2) is 0 Å². The summed E-state index contributed by atoms with van der Waals surface area (Å²) in [7, 11) is 0. The average Bonchev–Trinajstić information content (AvgIpc) is 2.46. The third-order valence-corrected chi connectivity index (χ3v) is 3.98. The van der Waals surface area contributed by atoms with Crippen molar-refractivity contribution < 1.29 is 19.1 Å². The lowest BCUT2D eigenvalue weighted by Gasteiger charge is -2.34. The van der Waals surface area contributed by atoms with Crippen molar-refractivity contribution in [3.05, 3.63) is 29.6 Å². The molecule has 22 heavy (non-hydrogen) atoms. The van der Waals surface area contributed by atoms with E-state index in [9.17, 15) is 14.0 Å². The van der Waals surface area contributed by atoms with Gasteiger partial charge in [-0.25, -0.2) is 9.18 Å². The molecular formula is C16H21FN2O3. The minimum Gasteiger partial charge on any atom is -0.481 e. The zero-order valence-electron chi connectivity index (χ0n) is 12.8. The number of aliphatic carboxylic acids is 1.